The summed E-state index contributed by atoms with van der Waals surface area (Å²) in [4.78, 5) is 16.6. The van der Waals surface area contributed by atoms with Crippen LogP contribution in [0.25, 0.3) is 0 Å². The van der Waals surface area contributed by atoms with Gasteiger partial charge in [-0.1, -0.05) is 5.16 Å². The van der Waals surface area contributed by atoms with Crippen LogP contribution in [0.2, 0.25) is 0 Å². The summed E-state index contributed by atoms with van der Waals surface area (Å²) in [6.45, 7) is 6.67. The van der Waals surface area contributed by atoms with Crippen molar-refractivity contribution in [2.24, 2.45) is 0 Å². The van der Waals surface area contributed by atoms with Crippen molar-refractivity contribution in [1.29, 1.82) is 0 Å². The van der Waals surface area contributed by atoms with E-state index in [9.17, 15) is 4.79 Å². The number of likely N-dealkylation sites (N-methyl/N-ethyl adjacent to an activating group) is 1. The van der Waals surface area contributed by atoms with Gasteiger partial charge in [0.2, 0.25) is 5.91 Å². The average molecular weight is 343 g/mol. The monoisotopic (exact) mass is 343 g/mol. The lowest BCUT2D eigenvalue weighted by molar-refractivity contribution is -0.116. The lowest BCUT2D eigenvalue weighted by Crippen LogP contribution is -2.44. The van der Waals surface area contributed by atoms with E-state index in [1.807, 2.05) is 0 Å². The Kier molecular flexibility index (Phi) is 5.55. The van der Waals surface area contributed by atoms with Gasteiger partial charge in [0.05, 0.1) is 0 Å². The van der Waals surface area contributed by atoms with Gasteiger partial charge in [0.1, 0.15) is 5.76 Å². The molecule has 2 heterocycles. The molecule has 1 amide bonds. The highest BCUT2D eigenvalue weighted by Gasteiger charge is 2.13. The molecular formula is C18H25N5O2. The second-order valence-corrected chi connectivity index (χ2v) is 6.38. The van der Waals surface area contributed by atoms with Gasteiger partial charge in [-0.3, -0.25) is 4.79 Å². The Labute approximate surface area is 148 Å². The number of aryl methyl sites for hydroxylation is 1. The van der Waals surface area contributed by atoms with Gasteiger partial charge >= 0.3 is 0 Å². The quantitative estimate of drug-likeness (QED) is 0.837. The highest BCUT2D eigenvalue weighted by molar-refractivity contribution is 5.90. The summed E-state index contributed by atoms with van der Waals surface area (Å²) >= 11 is 0. The van der Waals surface area contributed by atoms with E-state index in [0.29, 0.717) is 24.5 Å². The number of hydrogen-bond acceptors (Lipinski definition) is 6. The number of nitrogens with zero attached hydrogens (tertiary/aromatic N) is 3. The van der Waals surface area contributed by atoms with E-state index in [4.69, 9.17) is 4.52 Å². The largest absolute Gasteiger partial charge is 0.385 e. The van der Waals surface area contributed by atoms with Crippen LogP contribution in [-0.2, 0) is 4.79 Å². The number of amides is 1. The first-order valence-electron chi connectivity index (χ1n) is 8.61. The molecule has 0 atom stereocenters. The SMILES string of the molecule is Cc1cc(NC(=O)CCNc2ccc(N3CCN(C)CC3)cc2)no1. The van der Waals surface area contributed by atoms with Gasteiger partial charge < -0.3 is 25.0 Å². The molecule has 0 bridgehead atoms. The van der Waals surface area contributed by atoms with E-state index in [-0.39, 0.29) is 5.91 Å². The Morgan fingerprint density at radius 1 is 1.20 bits per heavy atom. The Balaban J connectivity index is 1.42. The first kappa shape index (κ1) is 17.3. The van der Waals surface area contributed by atoms with Crippen LogP contribution in [0.5, 0.6) is 0 Å². The van der Waals surface area contributed by atoms with Crippen molar-refractivity contribution < 1.29 is 9.32 Å². The summed E-state index contributed by atoms with van der Waals surface area (Å²) in [5, 5.41) is 9.73. The highest BCUT2D eigenvalue weighted by atomic mass is 16.5. The van der Waals surface area contributed by atoms with Crippen molar-refractivity contribution in [2.75, 3.05) is 55.3 Å². The van der Waals surface area contributed by atoms with Gasteiger partial charge in [0, 0.05) is 56.6 Å². The predicted octanol–water partition coefficient (Wildman–Crippen LogP) is 2.18. The fourth-order valence-electron chi connectivity index (χ4n) is 2.81. The second-order valence-electron chi connectivity index (χ2n) is 6.38. The van der Waals surface area contributed by atoms with E-state index in [1.54, 1.807) is 13.0 Å². The van der Waals surface area contributed by atoms with Crippen LogP contribution < -0.4 is 15.5 Å². The van der Waals surface area contributed by atoms with E-state index in [1.165, 1.54) is 5.69 Å². The van der Waals surface area contributed by atoms with Gasteiger partial charge in [-0.2, -0.15) is 0 Å². The van der Waals surface area contributed by atoms with Crippen molar-refractivity contribution in [2.45, 2.75) is 13.3 Å². The lowest BCUT2D eigenvalue weighted by atomic mass is 10.2. The number of rotatable bonds is 6. The maximum Gasteiger partial charge on any atom is 0.227 e. The minimum absolute atomic E-state index is 0.0881. The van der Waals surface area contributed by atoms with Crippen LogP contribution in [0, 0.1) is 6.92 Å². The molecule has 1 aromatic carbocycles. The molecule has 0 unspecified atom stereocenters. The lowest BCUT2D eigenvalue weighted by Gasteiger charge is -2.34. The first-order chi connectivity index (χ1) is 12.1. The molecule has 7 heteroatoms. The number of aromatic nitrogens is 1. The third kappa shape index (κ3) is 4.96. The predicted molar refractivity (Wildman–Crippen MR) is 99.1 cm³/mol. The molecule has 1 saturated heterocycles. The Morgan fingerprint density at radius 2 is 1.92 bits per heavy atom. The Bertz CT molecular complexity index is 690. The molecule has 2 aromatic rings. The first-order valence-corrected chi connectivity index (χ1v) is 8.61. The zero-order valence-corrected chi connectivity index (χ0v) is 14.8. The maximum absolute atomic E-state index is 11.9. The average Bonchev–Trinajstić information content (AvgIpc) is 3.01. The number of piperazine rings is 1. The number of benzene rings is 1. The minimum Gasteiger partial charge on any atom is -0.385 e. The normalized spacial score (nSPS) is 15.2. The van der Waals surface area contributed by atoms with Crippen molar-refractivity contribution in [3.8, 4) is 0 Å². The summed E-state index contributed by atoms with van der Waals surface area (Å²) < 4.78 is 4.92. The fraction of sp³-hybridized carbons (Fsp3) is 0.444. The molecule has 25 heavy (non-hydrogen) atoms. The molecular weight excluding hydrogens is 318 g/mol. The minimum atomic E-state index is -0.0881. The molecule has 134 valence electrons. The molecule has 0 aliphatic carbocycles. The molecule has 2 N–H and O–H groups in total. The van der Waals surface area contributed by atoms with Crippen molar-refractivity contribution >= 4 is 23.1 Å². The third-order valence-corrected chi connectivity index (χ3v) is 4.31. The van der Waals surface area contributed by atoms with Crippen LogP contribution >= 0.6 is 0 Å². The number of nitrogens with one attached hydrogen (secondary N) is 2. The summed E-state index contributed by atoms with van der Waals surface area (Å²) in [5.41, 5.74) is 2.26. The van der Waals surface area contributed by atoms with Crippen LogP contribution in [0.3, 0.4) is 0 Å². The van der Waals surface area contributed by atoms with Crippen LogP contribution in [0.1, 0.15) is 12.2 Å². The standard InChI is InChI=1S/C18H25N5O2/c1-14-13-17(21-25-14)20-18(24)7-8-19-15-3-5-16(6-4-15)23-11-9-22(2)10-12-23/h3-6,13,19H,7-12H2,1-2H3,(H,20,21,24). The summed E-state index contributed by atoms with van der Waals surface area (Å²) in [7, 11) is 2.16. The summed E-state index contributed by atoms with van der Waals surface area (Å²) in [5.74, 6) is 1.04. The second kappa shape index (κ2) is 8.02. The molecule has 1 fully saturated rings. The number of carbonyl (C=O) groups is 1. The zero-order chi connectivity index (χ0) is 17.6. The third-order valence-electron chi connectivity index (χ3n) is 4.31. The van der Waals surface area contributed by atoms with Gasteiger partial charge in [0.15, 0.2) is 5.82 Å². The molecule has 7 nitrogen and oxygen atoms in total. The number of anilines is 3. The summed E-state index contributed by atoms with van der Waals surface area (Å²) in [6.07, 6.45) is 0.367. The van der Waals surface area contributed by atoms with E-state index < -0.39 is 0 Å². The Morgan fingerprint density at radius 3 is 2.56 bits per heavy atom. The van der Waals surface area contributed by atoms with Gasteiger partial charge in [-0.25, -0.2) is 0 Å². The molecule has 3 rings (SSSR count). The molecule has 0 saturated carbocycles. The molecule has 1 aliphatic heterocycles. The van der Waals surface area contributed by atoms with Crippen LogP contribution in [0.4, 0.5) is 17.2 Å². The topological polar surface area (TPSA) is 73.6 Å². The summed E-state index contributed by atoms with van der Waals surface area (Å²) in [6, 6.07) is 10.1. The highest BCUT2D eigenvalue weighted by Crippen LogP contribution is 2.19. The van der Waals surface area contributed by atoms with Crippen LogP contribution in [0.15, 0.2) is 34.9 Å². The van der Waals surface area contributed by atoms with Crippen molar-refractivity contribution in [1.82, 2.24) is 10.1 Å². The van der Waals surface area contributed by atoms with Gasteiger partial charge in [-0.15, -0.1) is 0 Å². The molecule has 1 aliphatic rings. The van der Waals surface area contributed by atoms with E-state index in [0.717, 1.165) is 31.9 Å². The Hall–Kier alpha value is -2.54. The smallest absolute Gasteiger partial charge is 0.227 e. The van der Waals surface area contributed by atoms with Gasteiger partial charge in [-0.05, 0) is 38.2 Å². The zero-order valence-electron chi connectivity index (χ0n) is 14.8. The number of hydrogen-bond donors (Lipinski definition) is 2. The fourth-order valence-corrected chi connectivity index (χ4v) is 2.81. The maximum atomic E-state index is 11.9. The molecule has 1 aromatic heterocycles. The van der Waals surface area contributed by atoms with E-state index in [2.05, 4.69) is 56.9 Å². The molecule has 0 spiro atoms. The van der Waals surface area contributed by atoms with Gasteiger partial charge in [0.25, 0.3) is 0 Å². The van der Waals surface area contributed by atoms with Crippen molar-refractivity contribution in [3.05, 3.63) is 36.1 Å². The molecule has 0 radical (unpaired) electrons. The van der Waals surface area contributed by atoms with E-state index >= 15 is 0 Å². The van der Waals surface area contributed by atoms with Crippen molar-refractivity contribution in [3.63, 3.8) is 0 Å². The van der Waals surface area contributed by atoms with Crippen LogP contribution in [-0.4, -0.2) is 55.7 Å². The number of carbonyl (C=O) groups excluding carboxylic acids is 1.